The SMILES string of the molecule is c1csc(-c2n[nH]c(CCC3CCCC3)n2)c1. The van der Waals surface area contributed by atoms with Gasteiger partial charge in [0.2, 0.25) is 0 Å². The first kappa shape index (κ1) is 11.0. The van der Waals surface area contributed by atoms with Crippen molar-refractivity contribution in [1.29, 1.82) is 0 Å². The first-order valence-corrected chi connectivity index (χ1v) is 7.25. The molecule has 0 bridgehead atoms. The Bertz CT molecular complexity index is 455. The van der Waals surface area contributed by atoms with E-state index in [1.165, 1.54) is 32.1 Å². The molecule has 1 saturated carbocycles. The Hall–Kier alpha value is -1.16. The van der Waals surface area contributed by atoms with Gasteiger partial charge in [-0.15, -0.1) is 11.3 Å². The van der Waals surface area contributed by atoms with Crippen molar-refractivity contribution in [2.24, 2.45) is 5.92 Å². The van der Waals surface area contributed by atoms with Crippen molar-refractivity contribution in [2.45, 2.75) is 38.5 Å². The minimum Gasteiger partial charge on any atom is -0.263 e. The Morgan fingerprint density at radius 3 is 3.00 bits per heavy atom. The van der Waals surface area contributed by atoms with Crippen molar-refractivity contribution >= 4 is 11.3 Å². The molecule has 0 aliphatic heterocycles. The molecule has 0 amide bonds. The minimum absolute atomic E-state index is 0.849. The second-order valence-corrected chi connectivity index (χ2v) is 5.72. The molecule has 3 rings (SSSR count). The van der Waals surface area contributed by atoms with Crippen molar-refractivity contribution in [3.05, 3.63) is 23.3 Å². The Balaban J connectivity index is 1.60. The van der Waals surface area contributed by atoms with Crippen LogP contribution in [0.15, 0.2) is 17.5 Å². The molecule has 2 aromatic rings. The monoisotopic (exact) mass is 247 g/mol. The van der Waals surface area contributed by atoms with Gasteiger partial charge in [-0.1, -0.05) is 31.7 Å². The number of H-pyrrole nitrogens is 1. The van der Waals surface area contributed by atoms with Crippen LogP contribution in [0.2, 0.25) is 0 Å². The maximum absolute atomic E-state index is 4.56. The summed E-state index contributed by atoms with van der Waals surface area (Å²) < 4.78 is 0. The van der Waals surface area contributed by atoms with Gasteiger partial charge in [-0.25, -0.2) is 4.98 Å². The number of aryl methyl sites for hydroxylation is 1. The lowest BCUT2D eigenvalue weighted by Crippen LogP contribution is -1.97. The number of aromatic nitrogens is 3. The van der Waals surface area contributed by atoms with Gasteiger partial charge in [0, 0.05) is 6.42 Å². The molecule has 1 aliphatic rings. The van der Waals surface area contributed by atoms with E-state index < -0.39 is 0 Å². The Morgan fingerprint density at radius 2 is 2.24 bits per heavy atom. The molecule has 1 N–H and O–H groups in total. The molecule has 2 heterocycles. The fraction of sp³-hybridized carbons (Fsp3) is 0.538. The van der Waals surface area contributed by atoms with E-state index in [0.29, 0.717) is 0 Å². The number of nitrogens with zero attached hydrogens (tertiary/aromatic N) is 2. The van der Waals surface area contributed by atoms with Crippen molar-refractivity contribution < 1.29 is 0 Å². The Kier molecular flexibility index (Phi) is 3.22. The van der Waals surface area contributed by atoms with Crippen LogP contribution < -0.4 is 0 Å². The molecular formula is C13H17N3S. The number of hydrogen-bond donors (Lipinski definition) is 1. The van der Waals surface area contributed by atoms with E-state index in [1.54, 1.807) is 11.3 Å². The maximum Gasteiger partial charge on any atom is 0.191 e. The summed E-state index contributed by atoms with van der Waals surface area (Å²) in [7, 11) is 0. The molecule has 0 spiro atoms. The zero-order valence-electron chi connectivity index (χ0n) is 9.85. The molecular weight excluding hydrogens is 230 g/mol. The maximum atomic E-state index is 4.56. The summed E-state index contributed by atoms with van der Waals surface area (Å²) in [6.45, 7) is 0. The molecule has 1 fully saturated rings. The summed E-state index contributed by atoms with van der Waals surface area (Å²) in [4.78, 5) is 5.70. The molecule has 4 heteroatoms. The molecule has 0 radical (unpaired) electrons. The van der Waals surface area contributed by atoms with Gasteiger partial charge in [-0.05, 0) is 23.8 Å². The lowest BCUT2D eigenvalue weighted by atomic mass is 10.0. The van der Waals surface area contributed by atoms with Crippen LogP contribution in [0.1, 0.15) is 37.9 Å². The zero-order chi connectivity index (χ0) is 11.5. The summed E-state index contributed by atoms with van der Waals surface area (Å²) in [5.41, 5.74) is 0. The summed E-state index contributed by atoms with van der Waals surface area (Å²) >= 11 is 1.69. The lowest BCUT2D eigenvalue weighted by Gasteiger charge is -2.05. The highest BCUT2D eigenvalue weighted by atomic mass is 32.1. The average Bonchev–Trinajstić information content (AvgIpc) is 3.09. The highest BCUT2D eigenvalue weighted by Crippen LogP contribution is 2.28. The Labute approximate surface area is 105 Å². The quantitative estimate of drug-likeness (QED) is 0.896. The molecule has 2 aromatic heterocycles. The zero-order valence-corrected chi connectivity index (χ0v) is 10.7. The normalized spacial score (nSPS) is 16.7. The van der Waals surface area contributed by atoms with Crippen LogP contribution in [0, 0.1) is 5.92 Å². The van der Waals surface area contributed by atoms with E-state index >= 15 is 0 Å². The largest absolute Gasteiger partial charge is 0.263 e. The number of thiophene rings is 1. The number of rotatable bonds is 4. The van der Waals surface area contributed by atoms with Crippen molar-refractivity contribution in [3.8, 4) is 10.7 Å². The molecule has 1 aliphatic carbocycles. The van der Waals surface area contributed by atoms with Gasteiger partial charge >= 0.3 is 0 Å². The van der Waals surface area contributed by atoms with Crippen LogP contribution in [0.4, 0.5) is 0 Å². The van der Waals surface area contributed by atoms with Gasteiger partial charge in [0.05, 0.1) is 4.88 Å². The van der Waals surface area contributed by atoms with Gasteiger partial charge in [-0.3, -0.25) is 5.10 Å². The van der Waals surface area contributed by atoms with Gasteiger partial charge in [0.1, 0.15) is 5.82 Å². The van der Waals surface area contributed by atoms with Crippen LogP contribution in [0.3, 0.4) is 0 Å². The summed E-state index contributed by atoms with van der Waals surface area (Å²) in [5.74, 6) is 2.81. The van der Waals surface area contributed by atoms with Gasteiger partial charge in [0.15, 0.2) is 5.82 Å². The molecule has 90 valence electrons. The molecule has 3 nitrogen and oxygen atoms in total. The fourth-order valence-corrected chi connectivity index (χ4v) is 3.22. The van der Waals surface area contributed by atoms with Crippen LogP contribution in [-0.4, -0.2) is 15.2 Å². The molecule has 0 unspecified atom stereocenters. The average molecular weight is 247 g/mol. The topological polar surface area (TPSA) is 41.6 Å². The van der Waals surface area contributed by atoms with Crippen LogP contribution in [0.25, 0.3) is 10.7 Å². The van der Waals surface area contributed by atoms with E-state index in [4.69, 9.17) is 0 Å². The van der Waals surface area contributed by atoms with Gasteiger partial charge in [-0.2, -0.15) is 5.10 Å². The molecule has 0 saturated heterocycles. The van der Waals surface area contributed by atoms with Crippen LogP contribution in [-0.2, 0) is 6.42 Å². The predicted molar refractivity (Wildman–Crippen MR) is 70.0 cm³/mol. The van der Waals surface area contributed by atoms with Gasteiger partial charge in [0.25, 0.3) is 0 Å². The van der Waals surface area contributed by atoms with Crippen molar-refractivity contribution in [1.82, 2.24) is 15.2 Å². The van der Waals surface area contributed by atoms with Crippen LogP contribution >= 0.6 is 11.3 Å². The highest BCUT2D eigenvalue weighted by molar-refractivity contribution is 7.13. The summed E-state index contributed by atoms with van der Waals surface area (Å²) in [6.07, 6.45) is 7.96. The van der Waals surface area contributed by atoms with E-state index in [-0.39, 0.29) is 0 Å². The van der Waals surface area contributed by atoms with E-state index in [9.17, 15) is 0 Å². The molecule has 0 atom stereocenters. The third kappa shape index (κ3) is 2.57. The van der Waals surface area contributed by atoms with E-state index in [2.05, 4.69) is 26.6 Å². The van der Waals surface area contributed by atoms with Crippen LogP contribution in [0.5, 0.6) is 0 Å². The smallest absolute Gasteiger partial charge is 0.191 e. The summed E-state index contributed by atoms with van der Waals surface area (Å²) in [6, 6.07) is 4.10. The number of nitrogens with one attached hydrogen (secondary N) is 1. The second-order valence-electron chi connectivity index (χ2n) is 4.77. The standard InChI is InChI=1S/C13H17N3S/c1-2-5-10(4-1)7-8-12-14-13(16-15-12)11-6-3-9-17-11/h3,6,9-10H,1-2,4-5,7-8H2,(H,14,15,16). The third-order valence-electron chi connectivity index (χ3n) is 3.54. The molecule has 0 aromatic carbocycles. The first-order valence-electron chi connectivity index (χ1n) is 6.37. The van der Waals surface area contributed by atoms with E-state index in [1.807, 2.05) is 6.07 Å². The van der Waals surface area contributed by atoms with Gasteiger partial charge < -0.3 is 0 Å². The van der Waals surface area contributed by atoms with Crippen molar-refractivity contribution in [2.75, 3.05) is 0 Å². The number of hydrogen-bond acceptors (Lipinski definition) is 3. The number of aromatic amines is 1. The summed E-state index contributed by atoms with van der Waals surface area (Å²) in [5, 5.41) is 9.40. The fourth-order valence-electron chi connectivity index (χ4n) is 2.56. The second kappa shape index (κ2) is 5.00. The highest BCUT2D eigenvalue weighted by Gasteiger charge is 2.15. The first-order chi connectivity index (χ1) is 8.42. The van der Waals surface area contributed by atoms with Crippen molar-refractivity contribution in [3.63, 3.8) is 0 Å². The third-order valence-corrected chi connectivity index (χ3v) is 4.40. The predicted octanol–water partition coefficient (Wildman–Crippen LogP) is 3.66. The van der Waals surface area contributed by atoms with E-state index in [0.717, 1.165) is 28.9 Å². The lowest BCUT2D eigenvalue weighted by molar-refractivity contribution is 0.497. The molecule has 17 heavy (non-hydrogen) atoms. The minimum atomic E-state index is 0.849. The Morgan fingerprint density at radius 1 is 1.35 bits per heavy atom.